The first kappa shape index (κ1) is 17.1. The van der Waals surface area contributed by atoms with Crippen molar-refractivity contribution in [1.82, 2.24) is 15.2 Å². The molecule has 3 rings (SSSR count). The Morgan fingerprint density at radius 3 is 2.83 bits per heavy atom. The molecule has 0 atom stereocenters. The van der Waals surface area contributed by atoms with E-state index >= 15 is 0 Å². The monoisotopic (exact) mass is 379 g/mol. The van der Waals surface area contributed by atoms with Gasteiger partial charge in [0.15, 0.2) is 4.34 Å². The molecule has 0 aromatic carbocycles. The van der Waals surface area contributed by atoms with Crippen molar-refractivity contribution in [2.45, 2.75) is 31.0 Å². The lowest BCUT2D eigenvalue weighted by atomic mass is 10.1. The number of thiophene rings is 1. The minimum Gasteiger partial charge on any atom is -0.397 e. The fourth-order valence-electron chi connectivity index (χ4n) is 2.10. The molecule has 3 aromatic rings. The van der Waals surface area contributed by atoms with Gasteiger partial charge >= 0.3 is 0 Å². The number of pyridine rings is 1. The summed E-state index contributed by atoms with van der Waals surface area (Å²) in [7, 11) is 0. The predicted molar refractivity (Wildman–Crippen MR) is 102 cm³/mol. The molecule has 0 unspecified atom stereocenters. The third-order valence-corrected chi connectivity index (χ3v) is 6.28. The zero-order valence-electron chi connectivity index (χ0n) is 13.5. The van der Waals surface area contributed by atoms with Gasteiger partial charge < -0.3 is 5.73 Å². The number of nitrogen functional groups attached to an aromatic ring is 1. The summed E-state index contributed by atoms with van der Waals surface area (Å²) in [6, 6.07) is 3.89. The summed E-state index contributed by atoms with van der Waals surface area (Å²) < 4.78 is 0.834. The van der Waals surface area contributed by atoms with Crippen LogP contribution in [0.15, 0.2) is 16.5 Å². The van der Waals surface area contributed by atoms with Crippen molar-refractivity contribution in [3.8, 4) is 0 Å². The first-order valence-electron chi connectivity index (χ1n) is 7.46. The maximum absolute atomic E-state index is 12.5. The molecule has 0 saturated heterocycles. The number of hydrogen-bond donors (Lipinski definition) is 2. The predicted octanol–water partition coefficient (Wildman–Crippen LogP) is 4.22. The van der Waals surface area contributed by atoms with Gasteiger partial charge in [-0.3, -0.25) is 10.1 Å². The first-order valence-corrected chi connectivity index (χ1v) is 10.1. The van der Waals surface area contributed by atoms with Gasteiger partial charge in [-0.15, -0.1) is 21.5 Å². The second-order valence-electron chi connectivity index (χ2n) is 5.35. The summed E-state index contributed by atoms with van der Waals surface area (Å²) in [5, 5.41) is 12.1. The third kappa shape index (κ3) is 3.38. The van der Waals surface area contributed by atoms with Crippen molar-refractivity contribution in [2.24, 2.45) is 0 Å². The molecule has 0 saturated carbocycles. The fourth-order valence-corrected chi connectivity index (χ4v) is 4.74. The van der Waals surface area contributed by atoms with Crippen molar-refractivity contribution in [2.75, 3.05) is 16.8 Å². The molecule has 3 N–H and O–H groups in total. The minimum absolute atomic E-state index is 0.272. The van der Waals surface area contributed by atoms with E-state index in [1.165, 1.54) is 22.7 Å². The molecule has 6 nitrogen and oxygen atoms in total. The number of thioether (sulfide) groups is 1. The highest BCUT2D eigenvalue weighted by atomic mass is 32.2. The van der Waals surface area contributed by atoms with Gasteiger partial charge in [0.25, 0.3) is 5.91 Å². The van der Waals surface area contributed by atoms with Crippen LogP contribution in [0.2, 0.25) is 0 Å². The fraction of sp³-hybridized carbons (Fsp3) is 0.333. The Bertz CT molecular complexity index is 886. The van der Waals surface area contributed by atoms with Gasteiger partial charge in [0.1, 0.15) is 9.71 Å². The molecule has 0 aliphatic heterocycles. The number of amides is 1. The highest BCUT2D eigenvalue weighted by Gasteiger charge is 2.19. The van der Waals surface area contributed by atoms with E-state index in [4.69, 9.17) is 5.73 Å². The molecule has 0 radical (unpaired) electrons. The number of nitrogens with zero attached hydrogens (tertiary/aromatic N) is 3. The van der Waals surface area contributed by atoms with Crippen LogP contribution < -0.4 is 11.1 Å². The molecule has 0 spiro atoms. The SMILES string of the molecule is CCSc1nnc(NC(=O)c2sc3nc(C(C)C)ccc3c2N)s1. The molecule has 9 heteroatoms. The number of hydrogen-bond acceptors (Lipinski definition) is 8. The van der Waals surface area contributed by atoms with Crippen LogP contribution in [0.4, 0.5) is 10.8 Å². The van der Waals surface area contributed by atoms with Crippen LogP contribution in [-0.2, 0) is 0 Å². The number of nitrogens with two attached hydrogens (primary N) is 1. The quantitative estimate of drug-likeness (QED) is 0.509. The Balaban J connectivity index is 1.87. The summed E-state index contributed by atoms with van der Waals surface area (Å²) in [5.74, 6) is 0.965. The molecule has 0 bridgehead atoms. The molecule has 0 fully saturated rings. The molecule has 126 valence electrons. The highest BCUT2D eigenvalue weighted by Crippen LogP contribution is 2.34. The molecule has 3 heterocycles. The number of rotatable bonds is 5. The van der Waals surface area contributed by atoms with Gasteiger partial charge in [0.2, 0.25) is 5.13 Å². The number of aromatic nitrogens is 3. The van der Waals surface area contributed by atoms with Crippen LogP contribution >= 0.6 is 34.4 Å². The van der Waals surface area contributed by atoms with Crippen LogP contribution in [0, 0.1) is 0 Å². The normalized spacial score (nSPS) is 11.3. The van der Waals surface area contributed by atoms with Gasteiger partial charge in [0, 0.05) is 11.1 Å². The maximum Gasteiger partial charge on any atom is 0.269 e. The second-order valence-corrected chi connectivity index (χ2v) is 8.84. The van der Waals surface area contributed by atoms with Gasteiger partial charge in [-0.1, -0.05) is 43.9 Å². The smallest absolute Gasteiger partial charge is 0.269 e. The maximum atomic E-state index is 12.5. The topological polar surface area (TPSA) is 93.8 Å². The van der Waals surface area contributed by atoms with Crippen LogP contribution in [-0.4, -0.2) is 26.8 Å². The van der Waals surface area contributed by atoms with Crippen LogP contribution in [0.25, 0.3) is 10.2 Å². The average Bonchev–Trinajstić information content (AvgIpc) is 3.12. The van der Waals surface area contributed by atoms with Crippen molar-refractivity contribution in [1.29, 1.82) is 0 Å². The van der Waals surface area contributed by atoms with Crippen LogP contribution in [0.1, 0.15) is 42.1 Å². The van der Waals surface area contributed by atoms with E-state index in [9.17, 15) is 4.79 Å². The van der Waals surface area contributed by atoms with Crippen LogP contribution in [0.3, 0.4) is 0 Å². The van der Waals surface area contributed by atoms with Crippen LogP contribution in [0.5, 0.6) is 0 Å². The van der Waals surface area contributed by atoms with E-state index in [1.54, 1.807) is 11.8 Å². The number of carbonyl (C=O) groups is 1. The Kier molecular flexibility index (Phi) is 5.02. The van der Waals surface area contributed by atoms with E-state index in [2.05, 4.69) is 34.3 Å². The zero-order chi connectivity index (χ0) is 17.3. The largest absolute Gasteiger partial charge is 0.397 e. The Labute approximate surface area is 151 Å². The second kappa shape index (κ2) is 7.04. The van der Waals surface area contributed by atoms with Crippen molar-refractivity contribution < 1.29 is 4.79 Å². The lowest BCUT2D eigenvalue weighted by molar-refractivity contribution is 0.103. The summed E-state index contributed by atoms with van der Waals surface area (Å²) in [6.07, 6.45) is 0. The summed E-state index contributed by atoms with van der Waals surface area (Å²) in [6.45, 7) is 6.21. The standard InChI is InChI=1S/C15H17N5OS3/c1-4-22-15-20-19-14(24-15)18-12(21)11-10(16)8-5-6-9(7(2)3)17-13(8)23-11/h5-7H,4,16H2,1-3H3,(H,18,19,21). The van der Waals surface area contributed by atoms with E-state index in [1.807, 2.05) is 19.1 Å². The molecule has 0 aliphatic rings. The van der Waals surface area contributed by atoms with E-state index in [0.29, 0.717) is 21.6 Å². The first-order chi connectivity index (χ1) is 11.5. The number of anilines is 2. The van der Waals surface area contributed by atoms with Crippen molar-refractivity contribution >= 4 is 61.4 Å². The molecule has 0 aliphatic carbocycles. The van der Waals surface area contributed by atoms with Gasteiger partial charge in [-0.2, -0.15) is 0 Å². The Hall–Kier alpha value is -1.71. The van der Waals surface area contributed by atoms with Gasteiger partial charge in [-0.05, 0) is 23.8 Å². The van der Waals surface area contributed by atoms with E-state index in [0.717, 1.165) is 26.0 Å². The van der Waals surface area contributed by atoms with E-state index in [-0.39, 0.29) is 5.91 Å². The Morgan fingerprint density at radius 1 is 1.33 bits per heavy atom. The highest BCUT2D eigenvalue weighted by molar-refractivity contribution is 8.01. The third-order valence-electron chi connectivity index (χ3n) is 3.31. The van der Waals surface area contributed by atoms with Gasteiger partial charge in [0.05, 0.1) is 5.69 Å². The average molecular weight is 380 g/mol. The van der Waals surface area contributed by atoms with Crippen molar-refractivity contribution in [3.63, 3.8) is 0 Å². The number of fused-ring (bicyclic) bond motifs is 1. The summed E-state index contributed by atoms with van der Waals surface area (Å²) in [4.78, 5) is 18.4. The summed E-state index contributed by atoms with van der Waals surface area (Å²) >= 11 is 4.25. The Morgan fingerprint density at radius 2 is 2.12 bits per heavy atom. The lowest BCUT2D eigenvalue weighted by Gasteiger charge is -2.03. The number of nitrogens with one attached hydrogen (secondary N) is 1. The molecule has 24 heavy (non-hydrogen) atoms. The summed E-state index contributed by atoms with van der Waals surface area (Å²) in [5.41, 5.74) is 7.59. The zero-order valence-corrected chi connectivity index (χ0v) is 15.9. The minimum atomic E-state index is -0.272. The molecular formula is C15H17N5OS3. The van der Waals surface area contributed by atoms with Crippen molar-refractivity contribution in [3.05, 3.63) is 22.7 Å². The van der Waals surface area contributed by atoms with E-state index < -0.39 is 0 Å². The molecule has 1 amide bonds. The molecular weight excluding hydrogens is 362 g/mol. The number of carbonyl (C=O) groups excluding carboxylic acids is 1. The lowest BCUT2D eigenvalue weighted by Crippen LogP contribution is -2.11. The van der Waals surface area contributed by atoms with Gasteiger partial charge in [-0.25, -0.2) is 4.98 Å². The molecule has 3 aromatic heterocycles.